The van der Waals surface area contributed by atoms with E-state index in [1.54, 1.807) is 20.4 Å². The molecule has 2 aromatic rings. The molecule has 0 aliphatic rings. The Morgan fingerprint density at radius 3 is 2.73 bits per heavy atom. The summed E-state index contributed by atoms with van der Waals surface area (Å²) >= 11 is 0. The fourth-order valence-electron chi connectivity index (χ4n) is 2.31. The number of nitrogens with one attached hydrogen (secondary N) is 2. The molecule has 5 nitrogen and oxygen atoms in total. The maximum Gasteiger partial charge on any atom is 0.253 e. The van der Waals surface area contributed by atoms with Crippen molar-refractivity contribution in [1.29, 1.82) is 0 Å². The topological polar surface area (TPSA) is 63.3 Å². The van der Waals surface area contributed by atoms with Crippen molar-refractivity contribution < 1.29 is 14.3 Å². The Balaban J connectivity index is 2.07. The number of unbranched alkanes of at least 4 members (excludes halogenated alkanes) is 1. The van der Waals surface area contributed by atoms with Gasteiger partial charge in [-0.15, -0.1) is 0 Å². The van der Waals surface area contributed by atoms with Gasteiger partial charge in [-0.2, -0.15) is 0 Å². The Hall–Kier alpha value is -2.27. The second-order valence-corrected chi connectivity index (χ2v) is 4.94. The van der Waals surface area contributed by atoms with Crippen molar-refractivity contribution in [1.82, 2.24) is 10.3 Å². The molecule has 2 rings (SSSR count). The largest absolute Gasteiger partial charge is 0.496 e. The number of aromatic nitrogens is 1. The predicted molar refractivity (Wildman–Crippen MR) is 86.2 cm³/mol. The van der Waals surface area contributed by atoms with E-state index in [9.17, 15) is 4.79 Å². The van der Waals surface area contributed by atoms with Gasteiger partial charge in [0.2, 0.25) is 0 Å². The molecule has 1 aromatic heterocycles. The second kappa shape index (κ2) is 8.24. The van der Waals surface area contributed by atoms with E-state index < -0.39 is 0 Å². The summed E-state index contributed by atoms with van der Waals surface area (Å²) in [5.74, 6) is 0.663. The van der Waals surface area contributed by atoms with Crippen LogP contribution in [0.3, 0.4) is 0 Å². The van der Waals surface area contributed by atoms with Crippen molar-refractivity contribution in [2.45, 2.75) is 12.8 Å². The second-order valence-electron chi connectivity index (χ2n) is 4.94. The first-order valence-corrected chi connectivity index (χ1v) is 7.35. The van der Waals surface area contributed by atoms with Gasteiger partial charge in [0, 0.05) is 43.8 Å². The molecule has 0 saturated heterocycles. The van der Waals surface area contributed by atoms with Crippen LogP contribution in [-0.4, -0.2) is 38.3 Å². The van der Waals surface area contributed by atoms with Gasteiger partial charge in [0.05, 0.1) is 12.7 Å². The average Bonchev–Trinajstić information content (AvgIpc) is 3.04. The van der Waals surface area contributed by atoms with Gasteiger partial charge in [0.1, 0.15) is 5.75 Å². The van der Waals surface area contributed by atoms with Gasteiger partial charge in [0.15, 0.2) is 0 Å². The molecule has 1 heterocycles. The normalized spacial score (nSPS) is 10.5. The van der Waals surface area contributed by atoms with E-state index >= 15 is 0 Å². The van der Waals surface area contributed by atoms with Crippen molar-refractivity contribution in [2.75, 3.05) is 27.4 Å². The molecule has 1 amide bonds. The van der Waals surface area contributed by atoms with Crippen LogP contribution in [0.1, 0.15) is 23.2 Å². The maximum atomic E-state index is 12.3. The lowest BCUT2D eigenvalue weighted by molar-refractivity contribution is 0.0952. The van der Waals surface area contributed by atoms with Crippen LogP contribution in [0.5, 0.6) is 5.75 Å². The fraction of sp³-hybridized carbons (Fsp3) is 0.353. The zero-order valence-electron chi connectivity index (χ0n) is 13.0. The third-order valence-electron chi connectivity index (χ3n) is 3.45. The molecule has 0 aliphatic carbocycles. The van der Waals surface area contributed by atoms with Crippen molar-refractivity contribution in [3.8, 4) is 16.9 Å². The summed E-state index contributed by atoms with van der Waals surface area (Å²) in [6, 6.07) is 7.66. The molecule has 0 atom stereocenters. The molecule has 1 aromatic carbocycles. The van der Waals surface area contributed by atoms with E-state index in [4.69, 9.17) is 9.47 Å². The number of ether oxygens (including phenoxy) is 2. The molecule has 5 heteroatoms. The minimum absolute atomic E-state index is 0.0837. The number of rotatable bonds is 8. The number of hydrogen-bond donors (Lipinski definition) is 2. The van der Waals surface area contributed by atoms with Crippen LogP contribution in [0.15, 0.2) is 36.7 Å². The van der Waals surface area contributed by atoms with E-state index in [0.29, 0.717) is 18.7 Å². The average molecular weight is 302 g/mol. The Kier molecular flexibility index (Phi) is 6.03. The third-order valence-corrected chi connectivity index (χ3v) is 3.45. The lowest BCUT2D eigenvalue weighted by atomic mass is 10.0. The summed E-state index contributed by atoms with van der Waals surface area (Å²) in [4.78, 5) is 15.3. The summed E-state index contributed by atoms with van der Waals surface area (Å²) in [5, 5.41) is 2.94. The smallest absolute Gasteiger partial charge is 0.253 e. The Morgan fingerprint density at radius 2 is 1.95 bits per heavy atom. The summed E-state index contributed by atoms with van der Waals surface area (Å²) in [7, 11) is 3.30. The summed E-state index contributed by atoms with van der Waals surface area (Å²) in [6.45, 7) is 1.35. The Labute approximate surface area is 130 Å². The van der Waals surface area contributed by atoms with Gasteiger partial charge in [-0.05, 0) is 18.9 Å². The van der Waals surface area contributed by atoms with Crippen molar-refractivity contribution in [3.05, 3.63) is 42.2 Å². The van der Waals surface area contributed by atoms with E-state index in [1.165, 1.54) is 0 Å². The standard InChI is InChI=1S/C17H22N2O3/c1-21-10-6-5-9-19-17(20)15-12-18-11-14(15)13-7-3-4-8-16(13)22-2/h3-4,7-8,11-12,18H,5-6,9-10H2,1-2H3,(H,19,20). The lowest BCUT2D eigenvalue weighted by Gasteiger charge is -2.09. The molecule has 0 spiro atoms. The molecule has 0 aliphatic heterocycles. The van der Waals surface area contributed by atoms with Crippen molar-refractivity contribution in [3.63, 3.8) is 0 Å². The number of carbonyl (C=O) groups is 1. The highest BCUT2D eigenvalue weighted by molar-refractivity contribution is 6.01. The van der Waals surface area contributed by atoms with Crippen molar-refractivity contribution >= 4 is 5.91 Å². The zero-order chi connectivity index (χ0) is 15.8. The van der Waals surface area contributed by atoms with Crippen molar-refractivity contribution in [2.24, 2.45) is 0 Å². The molecule has 0 bridgehead atoms. The number of carbonyl (C=O) groups excluding carboxylic acids is 1. The SMILES string of the molecule is COCCCCNC(=O)c1c[nH]cc1-c1ccccc1OC. The maximum absolute atomic E-state index is 12.3. The first-order chi connectivity index (χ1) is 10.8. The monoisotopic (exact) mass is 302 g/mol. The highest BCUT2D eigenvalue weighted by Crippen LogP contribution is 2.31. The number of aromatic amines is 1. The number of amides is 1. The van der Waals surface area contributed by atoms with Crippen LogP contribution in [0.25, 0.3) is 11.1 Å². The van der Waals surface area contributed by atoms with E-state index in [1.807, 2.05) is 30.5 Å². The predicted octanol–water partition coefficient (Wildman–Crippen LogP) is 2.85. The molecule has 0 saturated carbocycles. The third kappa shape index (κ3) is 3.89. The Morgan fingerprint density at radius 1 is 1.14 bits per heavy atom. The van der Waals surface area contributed by atoms with Crippen LogP contribution in [0.2, 0.25) is 0 Å². The molecule has 22 heavy (non-hydrogen) atoms. The van der Waals surface area contributed by atoms with Gasteiger partial charge < -0.3 is 19.8 Å². The summed E-state index contributed by atoms with van der Waals surface area (Å²) in [5.41, 5.74) is 2.36. The van der Waals surface area contributed by atoms with Crippen LogP contribution in [0, 0.1) is 0 Å². The molecule has 0 radical (unpaired) electrons. The van der Waals surface area contributed by atoms with Gasteiger partial charge >= 0.3 is 0 Å². The molecule has 0 fully saturated rings. The van der Waals surface area contributed by atoms with E-state index in [0.717, 1.165) is 29.7 Å². The highest BCUT2D eigenvalue weighted by atomic mass is 16.5. The minimum Gasteiger partial charge on any atom is -0.496 e. The zero-order valence-corrected chi connectivity index (χ0v) is 13.0. The molecular weight excluding hydrogens is 280 g/mol. The van der Waals surface area contributed by atoms with E-state index in [2.05, 4.69) is 10.3 Å². The lowest BCUT2D eigenvalue weighted by Crippen LogP contribution is -2.24. The Bertz CT molecular complexity index is 607. The van der Waals surface area contributed by atoms with Gasteiger partial charge in [-0.25, -0.2) is 0 Å². The van der Waals surface area contributed by atoms with Crippen LogP contribution in [-0.2, 0) is 4.74 Å². The molecular formula is C17H22N2O3. The quantitative estimate of drug-likeness (QED) is 0.737. The highest BCUT2D eigenvalue weighted by Gasteiger charge is 2.16. The van der Waals surface area contributed by atoms with Gasteiger partial charge in [-0.3, -0.25) is 4.79 Å². The van der Waals surface area contributed by atoms with Crippen LogP contribution in [0.4, 0.5) is 0 Å². The van der Waals surface area contributed by atoms with Crippen LogP contribution < -0.4 is 10.1 Å². The van der Waals surface area contributed by atoms with Gasteiger partial charge in [0.25, 0.3) is 5.91 Å². The first-order valence-electron chi connectivity index (χ1n) is 7.35. The number of hydrogen-bond acceptors (Lipinski definition) is 3. The minimum atomic E-state index is -0.0837. The van der Waals surface area contributed by atoms with Crippen LogP contribution >= 0.6 is 0 Å². The van der Waals surface area contributed by atoms with E-state index in [-0.39, 0.29) is 5.91 Å². The molecule has 2 N–H and O–H groups in total. The first kappa shape index (κ1) is 16.1. The molecule has 118 valence electrons. The number of H-pyrrole nitrogens is 1. The fourth-order valence-corrected chi connectivity index (χ4v) is 2.31. The summed E-state index contributed by atoms with van der Waals surface area (Å²) < 4.78 is 10.4. The number of benzene rings is 1. The number of para-hydroxylation sites is 1. The van der Waals surface area contributed by atoms with Gasteiger partial charge in [-0.1, -0.05) is 18.2 Å². The molecule has 0 unspecified atom stereocenters. The summed E-state index contributed by atoms with van der Waals surface area (Å²) in [6.07, 6.45) is 5.36. The number of methoxy groups -OCH3 is 2.